The van der Waals surface area contributed by atoms with Crippen LogP contribution in [-0.2, 0) is 4.79 Å². The minimum atomic E-state index is 0.0349. The first-order valence-corrected chi connectivity index (χ1v) is 6.09. The second-order valence-electron chi connectivity index (χ2n) is 4.69. The predicted octanol–water partition coefficient (Wildman–Crippen LogP) is 3.70. The van der Waals surface area contributed by atoms with Crippen molar-refractivity contribution in [1.82, 2.24) is 0 Å². The summed E-state index contributed by atoms with van der Waals surface area (Å²) in [6, 6.07) is 11.8. The van der Waals surface area contributed by atoms with Crippen LogP contribution in [0, 0.1) is 6.92 Å². The number of hydrogen-bond donors (Lipinski definition) is 0. The lowest BCUT2D eigenvalue weighted by Crippen LogP contribution is -2.02. The molecule has 0 atom stereocenters. The SMILES string of the molecule is CC(=O)CCC(=O)c1ccc2cc(C)ccc2c1. The number of aryl methyl sites for hydroxylation is 1. The average Bonchev–Trinajstić information content (AvgIpc) is 2.35. The predicted molar refractivity (Wildman–Crippen MR) is 72.9 cm³/mol. The Labute approximate surface area is 107 Å². The van der Waals surface area contributed by atoms with Crippen LogP contribution in [0.4, 0.5) is 0 Å². The third-order valence-corrected chi connectivity index (χ3v) is 3.02. The molecule has 92 valence electrons. The molecule has 0 aliphatic carbocycles. The maximum absolute atomic E-state index is 11.9. The highest BCUT2D eigenvalue weighted by atomic mass is 16.1. The maximum atomic E-state index is 11.9. The second-order valence-corrected chi connectivity index (χ2v) is 4.69. The highest BCUT2D eigenvalue weighted by Crippen LogP contribution is 2.18. The third kappa shape index (κ3) is 2.83. The van der Waals surface area contributed by atoms with E-state index in [0.29, 0.717) is 18.4 Å². The van der Waals surface area contributed by atoms with Gasteiger partial charge in [0.25, 0.3) is 0 Å². The van der Waals surface area contributed by atoms with Gasteiger partial charge in [0, 0.05) is 18.4 Å². The van der Waals surface area contributed by atoms with Crippen LogP contribution in [0.15, 0.2) is 36.4 Å². The summed E-state index contributed by atoms with van der Waals surface area (Å²) in [6.45, 7) is 3.56. The fraction of sp³-hybridized carbons (Fsp3) is 0.250. The zero-order valence-electron chi connectivity index (χ0n) is 10.7. The third-order valence-electron chi connectivity index (χ3n) is 3.02. The molecule has 0 aromatic heterocycles. The average molecular weight is 240 g/mol. The molecular weight excluding hydrogens is 224 g/mol. The number of rotatable bonds is 4. The van der Waals surface area contributed by atoms with Gasteiger partial charge in [-0.15, -0.1) is 0 Å². The van der Waals surface area contributed by atoms with Crippen molar-refractivity contribution in [3.8, 4) is 0 Å². The van der Waals surface area contributed by atoms with E-state index in [2.05, 4.69) is 6.07 Å². The smallest absolute Gasteiger partial charge is 0.163 e. The van der Waals surface area contributed by atoms with Crippen LogP contribution >= 0.6 is 0 Å². The van der Waals surface area contributed by atoms with Crippen molar-refractivity contribution in [3.05, 3.63) is 47.5 Å². The molecule has 0 heterocycles. The molecule has 0 N–H and O–H groups in total. The van der Waals surface area contributed by atoms with E-state index in [9.17, 15) is 9.59 Å². The minimum Gasteiger partial charge on any atom is -0.300 e. The minimum absolute atomic E-state index is 0.0349. The fourth-order valence-corrected chi connectivity index (χ4v) is 1.97. The highest BCUT2D eigenvalue weighted by molar-refractivity contribution is 6.01. The van der Waals surface area contributed by atoms with E-state index in [-0.39, 0.29) is 11.6 Å². The number of carbonyl (C=O) groups is 2. The van der Waals surface area contributed by atoms with Crippen molar-refractivity contribution in [2.45, 2.75) is 26.7 Å². The first kappa shape index (κ1) is 12.5. The monoisotopic (exact) mass is 240 g/mol. The molecule has 2 rings (SSSR count). The Morgan fingerprint density at radius 3 is 2.33 bits per heavy atom. The van der Waals surface area contributed by atoms with Gasteiger partial charge in [-0.25, -0.2) is 0 Å². The second kappa shape index (κ2) is 5.13. The Morgan fingerprint density at radius 1 is 0.944 bits per heavy atom. The van der Waals surface area contributed by atoms with Crippen LogP contribution in [0.5, 0.6) is 0 Å². The van der Waals surface area contributed by atoms with E-state index in [1.54, 1.807) is 0 Å². The lowest BCUT2D eigenvalue weighted by molar-refractivity contribution is -0.116. The number of Topliss-reactive ketones (excluding diaryl/α,β-unsaturated/α-hetero) is 2. The van der Waals surface area contributed by atoms with Crippen molar-refractivity contribution in [2.75, 3.05) is 0 Å². The van der Waals surface area contributed by atoms with Crippen LogP contribution in [0.25, 0.3) is 10.8 Å². The number of carbonyl (C=O) groups excluding carboxylic acids is 2. The molecule has 0 amide bonds. The summed E-state index contributed by atoms with van der Waals surface area (Å²) in [5, 5.41) is 2.20. The summed E-state index contributed by atoms with van der Waals surface area (Å²) in [5.74, 6) is 0.0902. The van der Waals surface area contributed by atoms with Crippen LogP contribution in [-0.4, -0.2) is 11.6 Å². The molecule has 0 saturated heterocycles. The Hall–Kier alpha value is -1.96. The quantitative estimate of drug-likeness (QED) is 0.763. The molecule has 2 aromatic carbocycles. The van der Waals surface area contributed by atoms with Gasteiger partial charge in [0.2, 0.25) is 0 Å². The van der Waals surface area contributed by atoms with Gasteiger partial charge in [-0.3, -0.25) is 4.79 Å². The summed E-state index contributed by atoms with van der Waals surface area (Å²) >= 11 is 0. The summed E-state index contributed by atoms with van der Waals surface area (Å²) < 4.78 is 0. The van der Waals surface area contributed by atoms with Gasteiger partial charge in [-0.1, -0.05) is 35.9 Å². The number of fused-ring (bicyclic) bond motifs is 1. The first-order chi connectivity index (χ1) is 8.56. The van der Waals surface area contributed by atoms with Gasteiger partial charge in [0.1, 0.15) is 5.78 Å². The summed E-state index contributed by atoms with van der Waals surface area (Å²) in [4.78, 5) is 22.8. The zero-order chi connectivity index (χ0) is 13.1. The first-order valence-electron chi connectivity index (χ1n) is 6.09. The lowest BCUT2D eigenvalue weighted by atomic mass is 10.0. The van der Waals surface area contributed by atoms with E-state index in [4.69, 9.17) is 0 Å². The summed E-state index contributed by atoms with van der Waals surface area (Å²) in [7, 11) is 0. The normalized spacial score (nSPS) is 10.6. The Morgan fingerprint density at radius 2 is 1.61 bits per heavy atom. The van der Waals surface area contributed by atoms with Gasteiger partial charge in [0.15, 0.2) is 5.78 Å². The van der Waals surface area contributed by atoms with Crippen molar-refractivity contribution in [3.63, 3.8) is 0 Å². The number of ketones is 2. The van der Waals surface area contributed by atoms with Crippen molar-refractivity contribution in [1.29, 1.82) is 0 Å². The molecule has 0 bridgehead atoms. The molecule has 2 aromatic rings. The molecule has 2 nitrogen and oxygen atoms in total. The molecule has 0 radical (unpaired) electrons. The fourth-order valence-electron chi connectivity index (χ4n) is 1.97. The van der Waals surface area contributed by atoms with Gasteiger partial charge in [0.05, 0.1) is 0 Å². The molecule has 0 aliphatic rings. The van der Waals surface area contributed by atoms with Crippen molar-refractivity contribution < 1.29 is 9.59 Å². The van der Waals surface area contributed by atoms with Crippen LogP contribution in [0.2, 0.25) is 0 Å². The van der Waals surface area contributed by atoms with E-state index < -0.39 is 0 Å². The molecule has 0 saturated carbocycles. The van der Waals surface area contributed by atoms with Gasteiger partial charge < -0.3 is 4.79 Å². The topological polar surface area (TPSA) is 34.1 Å². The van der Waals surface area contributed by atoms with Crippen LogP contribution in [0.1, 0.15) is 35.7 Å². The van der Waals surface area contributed by atoms with E-state index in [1.807, 2.05) is 37.3 Å². The molecule has 0 aliphatic heterocycles. The van der Waals surface area contributed by atoms with Crippen LogP contribution in [0.3, 0.4) is 0 Å². The van der Waals surface area contributed by atoms with E-state index in [0.717, 1.165) is 10.8 Å². The molecule has 18 heavy (non-hydrogen) atoms. The summed E-state index contributed by atoms with van der Waals surface area (Å²) in [5.41, 5.74) is 1.89. The maximum Gasteiger partial charge on any atom is 0.163 e. The van der Waals surface area contributed by atoms with Gasteiger partial charge in [-0.2, -0.15) is 0 Å². The molecule has 0 spiro atoms. The molecular formula is C16H16O2. The lowest BCUT2D eigenvalue weighted by Gasteiger charge is -2.03. The van der Waals surface area contributed by atoms with Gasteiger partial charge in [-0.05, 0) is 30.7 Å². The number of benzene rings is 2. The van der Waals surface area contributed by atoms with Gasteiger partial charge >= 0.3 is 0 Å². The van der Waals surface area contributed by atoms with Crippen LogP contribution < -0.4 is 0 Å². The molecule has 0 unspecified atom stereocenters. The van der Waals surface area contributed by atoms with Crippen molar-refractivity contribution in [2.24, 2.45) is 0 Å². The van der Waals surface area contributed by atoms with E-state index >= 15 is 0 Å². The Balaban J connectivity index is 2.27. The van der Waals surface area contributed by atoms with E-state index in [1.165, 1.54) is 12.5 Å². The Kier molecular flexibility index (Phi) is 3.56. The largest absolute Gasteiger partial charge is 0.300 e. The Bertz CT molecular complexity index is 612. The number of hydrogen-bond acceptors (Lipinski definition) is 2. The highest BCUT2D eigenvalue weighted by Gasteiger charge is 2.07. The zero-order valence-corrected chi connectivity index (χ0v) is 10.7. The molecule has 0 fully saturated rings. The molecule has 2 heteroatoms. The standard InChI is InChI=1S/C16H16O2/c1-11-3-5-14-10-15(7-6-13(14)9-11)16(18)8-4-12(2)17/h3,5-7,9-10H,4,8H2,1-2H3. The van der Waals surface area contributed by atoms with Crippen molar-refractivity contribution >= 4 is 22.3 Å². The summed E-state index contributed by atoms with van der Waals surface area (Å²) in [6.07, 6.45) is 0.622.